The number of nitrogens with zero attached hydrogens (tertiary/aromatic N) is 1. The Hall–Kier alpha value is -1.62. The van der Waals surface area contributed by atoms with E-state index >= 15 is 0 Å². The second-order valence-corrected chi connectivity index (χ2v) is 5.15. The van der Waals surface area contributed by atoms with Crippen LogP contribution in [0.25, 0.3) is 0 Å². The molecule has 3 atom stereocenters. The van der Waals surface area contributed by atoms with E-state index in [1.165, 1.54) is 6.42 Å². The van der Waals surface area contributed by atoms with E-state index in [-0.39, 0.29) is 5.91 Å². The van der Waals surface area contributed by atoms with E-state index in [2.05, 4.69) is 15.6 Å². The van der Waals surface area contributed by atoms with Crippen LogP contribution >= 0.6 is 0 Å². The van der Waals surface area contributed by atoms with E-state index < -0.39 is 0 Å². The van der Waals surface area contributed by atoms with Gasteiger partial charge < -0.3 is 15.4 Å². The smallest absolute Gasteiger partial charge is 0.269 e. The van der Waals surface area contributed by atoms with Crippen LogP contribution in [0.15, 0.2) is 18.3 Å². The van der Waals surface area contributed by atoms with Gasteiger partial charge in [0, 0.05) is 18.4 Å². The van der Waals surface area contributed by atoms with Crippen molar-refractivity contribution in [3.63, 3.8) is 0 Å². The summed E-state index contributed by atoms with van der Waals surface area (Å²) >= 11 is 0. The molecular formula is C14H19N3O2. The summed E-state index contributed by atoms with van der Waals surface area (Å²) in [6.07, 6.45) is 5.79. The van der Waals surface area contributed by atoms with E-state index in [1.54, 1.807) is 12.3 Å². The molecule has 1 aromatic heterocycles. The summed E-state index contributed by atoms with van der Waals surface area (Å²) in [5, 5.41) is 6.22. The highest BCUT2D eigenvalue weighted by Gasteiger charge is 2.40. The van der Waals surface area contributed by atoms with Crippen LogP contribution in [0.5, 0.6) is 0 Å². The van der Waals surface area contributed by atoms with Crippen LogP contribution in [0.3, 0.4) is 0 Å². The number of fused-ring (bicyclic) bond motifs is 2. The number of nitrogens with one attached hydrogen (secondary N) is 2. The number of carbonyl (C=O) groups is 1. The summed E-state index contributed by atoms with van der Waals surface area (Å²) in [4.78, 5) is 15.8. The molecular weight excluding hydrogens is 242 g/mol. The second kappa shape index (κ2) is 5.17. The molecule has 2 fully saturated rings. The van der Waals surface area contributed by atoms with Gasteiger partial charge in [0.1, 0.15) is 5.69 Å². The van der Waals surface area contributed by atoms with Crippen LogP contribution in [0, 0.1) is 0 Å². The van der Waals surface area contributed by atoms with Gasteiger partial charge in [0.25, 0.3) is 5.91 Å². The monoisotopic (exact) mass is 261 g/mol. The molecule has 0 spiro atoms. The average Bonchev–Trinajstić information content (AvgIpc) is 3.02. The van der Waals surface area contributed by atoms with E-state index in [4.69, 9.17) is 4.74 Å². The Morgan fingerprint density at radius 1 is 1.53 bits per heavy atom. The predicted molar refractivity (Wildman–Crippen MR) is 72.2 cm³/mol. The third-order valence-electron chi connectivity index (χ3n) is 3.79. The van der Waals surface area contributed by atoms with Crippen LogP contribution in [-0.4, -0.2) is 35.7 Å². The summed E-state index contributed by atoms with van der Waals surface area (Å²) in [6, 6.07) is 4.06. The maximum Gasteiger partial charge on any atom is 0.269 e. The molecule has 2 N–H and O–H groups in total. The maximum atomic E-state index is 11.7. The first-order valence-corrected chi connectivity index (χ1v) is 6.92. The summed E-state index contributed by atoms with van der Waals surface area (Å²) in [7, 11) is 0. The van der Waals surface area contributed by atoms with Crippen LogP contribution in [0.4, 0.5) is 5.69 Å². The zero-order chi connectivity index (χ0) is 13.2. The lowest BCUT2D eigenvalue weighted by Crippen LogP contribution is -2.30. The molecule has 19 heavy (non-hydrogen) atoms. The Kier molecular flexibility index (Phi) is 3.38. The van der Waals surface area contributed by atoms with Gasteiger partial charge in [0.05, 0.1) is 18.2 Å². The molecule has 2 aliphatic heterocycles. The zero-order valence-corrected chi connectivity index (χ0v) is 11.1. The third-order valence-corrected chi connectivity index (χ3v) is 3.79. The van der Waals surface area contributed by atoms with Gasteiger partial charge in [-0.2, -0.15) is 0 Å². The van der Waals surface area contributed by atoms with E-state index in [0.29, 0.717) is 30.5 Å². The second-order valence-electron chi connectivity index (χ2n) is 5.15. The molecule has 2 aliphatic rings. The lowest BCUT2D eigenvalue weighted by atomic mass is 9.95. The molecule has 1 amide bonds. The highest BCUT2D eigenvalue weighted by Crippen LogP contribution is 2.35. The number of hydrogen-bond acceptors (Lipinski definition) is 4. The predicted octanol–water partition coefficient (Wildman–Crippen LogP) is 1.56. The van der Waals surface area contributed by atoms with Gasteiger partial charge in [0.15, 0.2) is 0 Å². The van der Waals surface area contributed by atoms with Crippen molar-refractivity contribution < 1.29 is 9.53 Å². The fourth-order valence-electron chi connectivity index (χ4n) is 2.90. The Morgan fingerprint density at radius 2 is 2.42 bits per heavy atom. The minimum atomic E-state index is -0.129. The van der Waals surface area contributed by atoms with Gasteiger partial charge in [-0.1, -0.05) is 0 Å². The Morgan fingerprint density at radius 3 is 3.11 bits per heavy atom. The molecule has 3 heterocycles. The number of pyridine rings is 1. The summed E-state index contributed by atoms with van der Waals surface area (Å²) < 4.78 is 5.82. The first-order chi connectivity index (χ1) is 9.26. The van der Waals surface area contributed by atoms with Crippen LogP contribution in [0.2, 0.25) is 0 Å². The molecule has 0 saturated carbocycles. The molecule has 102 valence electrons. The summed E-state index contributed by atoms with van der Waals surface area (Å²) in [5.41, 5.74) is 1.40. The van der Waals surface area contributed by atoms with Crippen molar-refractivity contribution in [1.29, 1.82) is 0 Å². The lowest BCUT2D eigenvalue weighted by molar-refractivity contribution is 0.0951. The average molecular weight is 261 g/mol. The number of ether oxygens (including phenoxy) is 1. The largest absolute Gasteiger partial charge is 0.379 e. The van der Waals surface area contributed by atoms with E-state index in [0.717, 1.165) is 18.5 Å². The van der Waals surface area contributed by atoms with Gasteiger partial charge in [-0.15, -0.1) is 0 Å². The fourth-order valence-corrected chi connectivity index (χ4v) is 2.90. The molecule has 1 aromatic rings. The molecule has 3 rings (SSSR count). The van der Waals surface area contributed by atoms with Gasteiger partial charge in [-0.3, -0.25) is 9.78 Å². The zero-order valence-electron chi connectivity index (χ0n) is 11.1. The number of amides is 1. The normalized spacial score (nSPS) is 28.4. The van der Waals surface area contributed by atoms with Gasteiger partial charge >= 0.3 is 0 Å². The van der Waals surface area contributed by atoms with Gasteiger partial charge in [-0.05, 0) is 38.3 Å². The van der Waals surface area contributed by atoms with Crippen molar-refractivity contribution in [3.8, 4) is 0 Å². The number of rotatable bonds is 4. The number of carbonyl (C=O) groups excluding carboxylic acids is 1. The highest BCUT2D eigenvalue weighted by atomic mass is 16.5. The van der Waals surface area contributed by atoms with Crippen molar-refractivity contribution in [3.05, 3.63) is 24.0 Å². The molecule has 5 heteroatoms. The quantitative estimate of drug-likeness (QED) is 0.863. The summed E-state index contributed by atoms with van der Waals surface area (Å²) in [6.45, 7) is 2.50. The molecule has 5 nitrogen and oxygen atoms in total. The Labute approximate surface area is 112 Å². The molecule has 2 bridgehead atoms. The van der Waals surface area contributed by atoms with Crippen molar-refractivity contribution in [2.45, 2.75) is 44.4 Å². The fraction of sp³-hybridized carbons (Fsp3) is 0.571. The van der Waals surface area contributed by atoms with Crippen LogP contribution in [-0.2, 0) is 4.74 Å². The van der Waals surface area contributed by atoms with Crippen molar-refractivity contribution in [2.24, 2.45) is 0 Å². The first-order valence-electron chi connectivity index (χ1n) is 6.92. The maximum absolute atomic E-state index is 11.7. The van der Waals surface area contributed by atoms with Gasteiger partial charge in [0.2, 0.25) is 0 Å². The minimum Gasteiger partial charge on any atom is -0.379 e. The van der Waals surface area contributed by atoms with Gasteiger partial charge in [-0.25, -0.2) is 0 Å². The molecule has 3 unspecified atom stereocenters. The highest BCUT2D eigenvalue weighted by molar-refractivity contribution is 5.93. The molecule has 0 aliphatic carbocycles. The van der Waals surface area contributed by atoms with Crippen LogP contribution < -0.4 is 10.6 Å². The summed E-state index contributed by atoms with van der Waals surface area (Å²) in [5.74, 6) is -0.129. The first kappa shape index (κ1) is 12.4. The Balaban J connectivity index is 1.68. The molecule has 2 saturated heterocycles. The number of hydrogen-bond donors (Lipinski definition) is 2. The lowest BCUT2D eigenvalue weighted by Gasteiger charge is -2.21. The van der Waals surface area contributed by atoms with E-state index in [9.17, 15) is 4.79 Å². The topological polar surface area (TPSA) is 63.2 Å². The van der Waals surface area contributed by atoms with Crippen LogP contribution in [0.1, 0.15) is 36.7 Å². The van der Waals surface area contributed by atoms with Crippen molar-refractivity contribution >= 4 is 11.6 Å². The molecule has 0 aromatic carbocycles. The minimum absolute atomic E-state index is 0.129. The number of aromatic nitrogens is 1. The van der Waals surface area contributed by atoms with Crippen molar-refractivity contribution in [2.75, 3.05) is 11.9 Å². The van der Waals surface area contributed by atoms with E-state index in [1.807, 2.05) is 13.0 Å². The third kappa shape index (κ3) is 2.56. The van der Waals surface area contributed by atoms with Crippen molar-refractivity contribution in [1.82, 2.24) is 10.3 Å². The number of anilines is 1. The standard InChI is InChI=1S/C14H19N3O2/c1-2-15-14(18)12-7-9(5-6-16-12)17-11-8-10-3-4-13(11)19-10/h5-7,10-11,13H,2-4,8H2,1H3,(H,15,18)(H,16,17). The SMILES string of the molecule is CCNC(=O)c1cc(NC2CC3CCC2O3)ccn1. The molecule has 0 radical (unpaired) electrons. The Bertz CT molecular complexity index is 478.